The Morgan fingerprint density at radius 2 is 1.54 bits per heavy atom. The van der Waals surface area contributed by atoms with Crippen molar-refractivity contribution in [2.24, 2.45) is 5.41 Å². The number of halogens is 2. The van der Waals surface area contributed by atoms with Gasteiger partial charge in [0.1, 0.15) is 5.56 Å². The summed E-state index contributed by atoms with van der Waals surface area (Å²) in [5.41, 5.74) is -0.639. The highest BCUT2D eigenvalue weighted by Gasteiger charge is 2.51. The lowest BCUT2D eigenvalue weighted by atomic mass is 9.86. The zero-order chi connectivity index (χ0) is 27.9. The molecule has 4 aromatic rings. The van der Waals surface area contributed by atoms with Crippen LogP contribution >= 0.6 is 23.2 Å². The third-order valence-corrected chi connectivity index (χ3v) is 7.03. The Morgan fingerprint density at radius 1 is 0.949 bits per heavy atom. The van der Waals surface area contributed by atoms with Gasteiger partial charge in [-0.05, 0) is 18.2 Å². The van der Waals surface area contributed by atoms with Gasteiger partial charge in [0.05, 0.1) is 12.1 Å². The molecule has 2 heterocycles. The smallest absolute Gasteiger partial charge is 0.359 e. The fourth-order valence-electron chi connectivity index (χ4n) is 4.57. The molecule has 9 heteroatoms. The van der Waals surface area contributed by atoms with Gasteiger partial charge in [-0.2, -0.15) is 9.78 Å². The van der Waals surface area contributed by atoms with Crippen LogP contribution in [0.25, 0.3) is 0 Å². The number of carbonyl (C=O) groups is 2. The van der Waals surface area contributed by atoms with E-state index in [0.29, 0.717) is 26.7 Å². The van der Waals surface area contributed by atoms with Crippen molar-refractivity contribution in [3.63, 3.8) is 0 Å². The largest absolute Gasteiger partial charge is 0.464 e. The summed E-state index contributed by atoms with van der Waals surface area (Å²) in [6.45, 7) is 5.28. The molecule has 0 spiro atoms. The van der Waals surface area contributed by atoms with Crippen LogP contribution in [0.3, 0.4) is 0 Å². The third kappa shape index (κ3) is 4.61. The van der Waals surface area contributed by atoms with Crippen molar-refractivity contribution in [2.45, 2.75) is 32.8 Å². The number of benzene rings is 3. The molecule has 0 radical (unpaired) electrons. The van der Waals surface area contributed by atoms with Gasteiger partial charge >= 0.3 is 5.97 Å². The highest BCUT2D eigenvalue weighted by Crippen LogP contribution is 2.49. The van der Waals surface area contributed by atoms with Gasteiger partial charge in [0.25, 0.3) is 0 Å². The summed E-state index contributed by atoms with van der Waals surface area (Å²) < 4.78 is 19.7. The molecule has 1 aliphatic heterocycles. The number of rotatable bonds is 5. The highest BCUT2D eigenvalue weighted by atomic mass is 35.5. The number of hydrogen-bond donors (Lipinski definition) is 0. The molecule has 3 aromatic carbocycles. The highest BCUT2D eigenvalue weighted by molar-refractivity contribution is 6.35. The van der Waals surface area contributed by atoms with Gasteiger partial charge in [0.15, 0.2) is 11.5 Å². The summed E-state index contributed by atoms with van der Waals surface area (Å²) in [6.07, 6.45) is -1.10. The molecule has 7 nitrogen and oxygen atoms in total. The van der Waals surface area contributed by atoms with E-state index in [-0.39, 0.29) is 22.9 Å². The van der Waals surface area contributed by atoms with Gasteiger partial charge < -0.3 is 14.2 Å². The molecule has 0 bridgehead atoms. The molecule has 0 saturated heterocycles. The fourth-order valence-corrected chi connectivity index (χ4v) is 5.07. The van der Waals surface area contributed by atoms with Crippen molar-refractivity contribution in [1.29, 1.82) is 0 Å². The molecule has 200 valence electrons. The van der Waals surface area contributed by atoms with Gasteiger partial charge in [-0.3, -0.25) is 4.79 Å². The molecule has 1 unspecified atom stereocenters. The maximum absolute atomic E-state index is 13.9. The normalized spacial score (nSPS) is 16.2. The standard InChI is InChI=1S/C30H26Cl2N2O5/c1-29(2,3)25(35)23-24(27(36)37-4)33-34-26(23)38-28(21-16-15-20(31)17-22(21)32)39-30(34,18-11-7-5-8-12-18)19-13-9-6-10-14-19/h5-17,28H,1-4H3. The molecule has 1 aromatic heterocycles. The van der Waals surface area contributed by atoms with E-state index >= 15 is 0 Å². The molecular formula is C30H26Cl2N2O5. The maximum Gasteiger partial charge on any atom is 0.359 e. The van der Waals surface area contributed by atoms with E-state index in [0.717, 1.165) is 0 Å². The topological polar surface area (TPSA) is 79.7 Å². The summed E-state index contributed by atoms with van der Waals surface area (Å²) >= 11 is 12.8. The predicted octanol–water partition coefficient (Wildman–Crippen LogP) is 7.06. The molecule has 0 fully saturated rings. The maximum atomic E-state index is 13.9. The number of ketones is 1. The van der Waals surface area contributed by atoms with Gasteiger partial charge in [0, 0.05) is 27.1 Å². The van der Waals surface area contributed by atoms with E-state index in [2.05, 4.69) is 5.10 Å². The number of nitrogens with zero attached hydrogens (tertiary/aromatic N) is 2. The lowest BCUT2D eigenvalue weighted by molar-refractivity contribution is -0.214. The van der Waals surface area contributed by atoms with Crippen molar-refractivity contribution in [3.8, 4) is 5.88 Å². The number of aromatic nitrogens is 2. The Labute approximate surface area is 236 Å². The first-order valence-electron chi connectivity index (χ1n) is 12.2. The van der Waals surface area contributed by atoms with Crippen LogP contribution < -0.4 is 4.74 Å². The second-order valence-electron chi connectivity index (χ2n) is 10.1. The van der Waals surface area contributed by atoms with Crippen molar-refractivity contribution in [3.05, 3.63) is 117 Å². The minimum absolute atomic E-state index is 0.00368. The van der Waals surface area contributed by atoms with E-state index in [1.54, 1.807) is 39.0 Å². The van der Waals surface area contributed by atoms with Crippen LogP contribution in [0.4, 0.5) is 0 Å². The Bertz CT molecular complexity index is 1510. The summed E-state index contributed by atoms with van der Waals surface area (Å²) in [4.78, 5) is 26.9. The van der Waals surface area contributed by atoms with Gasteiger partial charge in [-0.1, -0.05) is 105 Å². The molecule has 0 N–H and O–H groups in total. The van der Waals surface area contributed by atoms with E-state index in [1.807, 2.05) is 60.7 Å². The van der Waals surface area contributed by atoms with Crippen LogP contribution in [0.1, 0.15) is 64.6 Å². The Kier molecular flexibility index (Phi) is 7.01. The molecule has 0 amide bonds. The van der Waals surface area contributed by atoms with Crippen LogP contribution in [-0.4, -0.2) is 28.6 Å². The Hall–Kier alpha value is -3.65. The second-order valence-corrected chi connectivity index (χ2v) is 11.0. The Balaban J connectivity index is 1.90. The fraction of sp³-hybridized carbons (Fsp3) is 0.233. The van der Waals surface area contributed by atoms with Crippen LogP contribution in [0.5, 0.6) is 5.88 Å². The van der Waals surface area contributed by atoms with Crippen LogP contribution in [0.15, 0.2) is 78.9 Å². The van der Waals surface area contributed by atoms with Crippen molar-refractivity contribution >= 4 is 35.0 Å². The predicted molar refractivity (Wildman–Crippen MR) is 147 cm³/mol. The van der Waals surface area contributed by atoms with E-state index in [1.165, 1.54) is 11.8 Å². The average molecular weight is 565 g/mol. The number of hydrogen-bond acceptors (Lipinski definition) is 6. The number of carbonyl (C=O) groups excluding carboxylic acids is 2. The monoisotopic (exact) mass is 564 g/mol. The van der Waals surface area contributed by atoms with Crippen molar-refractivity contribution < 1.29 is 23.8 Å². The summed E-state index contributed by atoms with van der Waals surface area (Å²) in [7, 11) is 1.24. The zero-order valence-electron chi connectivity index (χ0n) is 21.8. The summed E-state index contributed by atoms with van der Waals surface area (Å²) in [5.74, 6) is -1.06. The lowest BCUT2D eigenvalue weighted by Crippen LogP contribution is -2.46. The molecular weight excluding hydrogens is 539 g/mol. The molecule has 0 saturated carbocycles. The summed E-state index contributed by atoms with van der Waals surface area (Å²) in [5, 5.41) is 5.40. The lowest BCUT2D eigenvalue weighted by Gasteiger charge is -2.42. The number of fused-ring (bicyclic) bond motifs is 1. The first-order valence-corrected chi connectivity index (χ1v) is 13.0. The third-order valence-electron chi connectivity index (χ3n) is 6.47. The molecule has 39 heavy (non-hydrogen) atoms. The van der Waals surface area contributed by atoms with Crippen LogP contribution in [-0.2, 0) is 15.2 Å². The second kappa shape index (κ2) is 10.2. The van der Waals surface area contributed by atoms with E-state index in [9.17, 15) is 9.59 Å². The summed E-state index contributed by atoms with van der Waals surface area (Å²) in [6, 6.07) is 23.7. The molecule has 5 rings (SSSR count). The first-order chi connectivity index (χ1) is 18.6. The zero-order valence-corrected chi connectivity index (χ0v) is 23.3. The molecule has 0 aliphatic carbocycles. The van der Waals surface area contributed by atoms with E-state index < -0.39 is 23.4 Å². The van der Waals surface area contributed by atoms with Gasteiger partial charge in [0.2, 0.25) is 17.9 Å². The minimum atomic E-state index is -1.46. The van der Waals surface area contributed by atoms with Crippen LogP contribution in [0, 0.1) is 5.41 Å². The Morgan fingerprint density at radius 3 is 2.05 bits per heavy atom. The minimum Gasteiger partial charge on any atom is -0.464 e. The quantitative estimate of drug-likeness (QED) is 0.190. The van der Waals surface area contributed by atoms with E-state index in [4.69, 9.17) is 37.4 Å². The van der Waals surface area contributed by atoms with Gasteiger partial charge in [-0.15, -0.1) is 0 Å². The number of ether oxygens (including phenoxy) is 3. The SMILES string of the molecule is COC(=O)c1nn2c(c1C(=O)C(C)(C)C)OC(c1ccc(Cl)cc1Cl)OC2(c1ccccc1)c1ccccc1. The number of Topliss-reactive ketones (excluding diaryl/α,β-unsaturated/α-hetero) is 1. The van der Waals surface area contributed by atoms with Crippen molar-refractivity contribution in [2.75, 3.05) is 7.11 Å². The molecule has 1 aliphatic rings. The van der Waals surface area contributed by atoms with Crippen LogP contribution in [0.2, 0.25) is 10.0 Å². The average Bonchev–Trinajstić information content (AvgIpc) is 3.31. The number of esters is 1. The molecule has 1 atom stereocenters. The van der Waals surface area contributed by atoms with Crippen molar-refractivity contribution in [1.82, 2.24) is 9.78 Å². The van der Waals surface area contributed by atoms with Gasteiger partial charge in [-0.25, -0.2) is 4.79 Å². The number of methoxy groups -OCH3 is 1. The first kappa shape index (κ1) is 26.9.